The molecule has 0 aliphatic heterocycles. The van der Waals surface area contributed by atoms with Gasteiger partial charge in [0, 0.05) is 24.0 Å². The van der Waals surface area contributed by atoms with Gasteiger partial charge in [0.25, 0.3) is 0 Å². The Balaban J connectivity index is 1.85. The lowest BCUT2D eigenvalue weighted by molar-refractivity contribution is 0.590. The second kappa shape index (κ2) is 6.44. The topological polar surface area (TPSA) is 29.9 Å². The molecule has 24 heavy (non-hydrogen) atoms. The van der Waals surface area contributed by atoms with Gasteiger partial charge >= 0.3 is 0 Å². The molecule has 0 saturated carbocycles. The number of nitrogens with zero attached hydrogens (tertiary/aromatic N) is 2. The van der Waals surface area contributed by atoms with Crippen LogP contribution >= 0.6 is 15.9 Å². The van der Waals surface area contributed by atoms with E-state index in [1.807, 2.05) is 17.9 Å². The Labute approximate surface area is 151 Å². The van der Waals surface area contributed by atoms with Gasteiger partial charge in [-0.15, -0.1) is 0 Å². The number of hydrogen-bond acceptors (Lipinski definition) is 2. The molecular weight excluding hydrogens is 362 g/mol. The number of benzene rings is 2. The Hall–Kier alpha value is -2.07. The first-order chi connectivity index (χ1) is 11.3. The Morgan fingerprint density at radius 2 is 1.71 bits per heavy atom. The molecule has 2 aromatic carbocycles. The fourth-order valence-electron chi connectivity index (χ4n) is 2.70. The van der Waals surface area contributed by atoms with E-state index in [-0.39, 0.29) is 5.41 Å². The van der Waals surface area contributed by atoms with Crippen molar-refractivity contribution in [2.24, 2.45) is 7.05 Å². The highest BCUT2D eigenvalue weighted by molar-refractivity contribution is 9.10. The summed E-state index contributed by atoms with van der Waals surface area (Å²) >= 11 is 3.57. The fourth-order valence-corrected chi connectivity index (χ4v) is 3.28. The van der Waals surface area contributed by atoms with Crippen LogP contribution in [0.2, 0.25) is 0 Å². The number of halogens is 1. The van der Waals surface area contributed by atoms with E-state index >= 15 is 0 Å². The molecule has 0 aliphatic rings. The van der Waals surface area contributed by atoms with Crippen molar-refractivity contribution in [2.45, 2.75) is 26.2 Å². The molecule has 0 atom stereocenters. The SMILES string of the molecule is Cn1ncc(Br)c1-c1cccc(Nc2ccc(C(C)(C)C)cc2)c1. The van der Waals surface area contributed by atoms with Gasteiger partial charge in [-0.05, 0) is 51.2 Å². The van der Waals surface area contributed by atoms with Gasteiger partial charge in [0.1, 0.15) is 0 Å². The maximum atomic E-state index is 4.29. The zero-order valence-corrected chi connectivity index (χ0v) is 16.1. The Morgan fingerprint density at radius 1 is 1.00 bits per heavy atom. The maximum Gasteiger partial charge on any atom is 0.0821 e. The minimum atomic E-state index is 0.171. The molecule has 3 aromatic rings. The number of aromatic nitrogens is 2. The Bertz CT molecular complexity index is 823. The van der Waals surface area contributed by atoms with Crippen LogP contribution in [-0.2, 0) is 12.5 Å². The lowest BCUT2D eigenvalue weighted by Gasteiger charge is -2.19. The van der Waals surface area contributed by atoms with Crippen molar-refractivity contribution >= 4 is 27.3 Å². The van der Waals surface area contributed by atoms with E-state index in [9.17, 15) is 0 Å². The molecule has 0 fully saturated rings. The minimum absolute atomic E-state index is 0.171. The van der Waals surface area contributed by atoms with E-state index < -0.39 is 0 Å². The Kier molecular flexibility index (Phi) is 4.50. The molecule has 1 aromatic heterocycles. The molecule has 0 saturated heterocycles. The van der Waals surface area contributed by atoms with E-state index in [0.717, 1.165) is 27.1 Å². The van der Waals surface area contributed by atoms with E-state index in [2.05, 4.69) is 95.6 Å². The quantitative estimate of drug-likeness (QED) is 0.610. The van der Waals surface area contributed by atoms with Gasteiger partial charge in [-0.3, -0.25) is 4.68 Å². The minimum Gasteiger partial charge on any atom is -0.356 e. The van der Waals surface area contributed by atoms with Crippen LogP contribution in [0.15, 0.2) is 59.2 Å². The zero-order valence-electron chi connectivity index (χ0n) is 14.5. The number of hydrogen-bond donors (Lipinski definition) is 1. The van der Waals surface area contributed by atoms with Crippen molar-refractivity contribution in [1.82, 2.24) is 9.78 Å². The molecule has 0 aliphatic carbocycles. The molecule has 3 rings (SSSR count). The largest absolute Gasteiger partial charge is 0.356 e. The van der Waals surface area contributed by atoms with Crippen LogP contribution in [0.5, 0.6) is 0 Å². The van der Waals surface area contributed by atoms with Crippen molar-refractivity contribution in [3.05, 3.63) is 64.8 Å². The van der Waals surface area contributed by atoms with Crippen molar-refractivity contribution in [3.63, 3.8) is 0 Å². The van der Waals surface area contributed by atoms with E-state index in [4.69, 9.17) is 0 Å². The monoisotopic (exact) mass is 383 g/mol. The number of anilines is 2. The average Bonchev–Trinajstić information content (AvgIpc) is 2.86. The molecule has 0 unspecified atom stereocenters. The van der Waals surface area contributed by atoms with Crippen molar-refractivity contribution < 1.29 is 0 Å². The van der Waals surface area contributed by atoms with Gasteiger partial charge < -0.3 is 5.32 Å². The van der Waals surface area contributed by atoms with Crippen LogP contribution in [0.4, 0.5) is 11.4 Å². The molecule has 124 valence electrons. The molecule has 1 N–H and O–H groups in total. The maximum absolute atomic E-state index is 4.29. The summed E-state index contributed by atoms with van der Waals surface area (Å²) in [5.74, 6) is 0. The third kappa shape index (κ3) is 3.54. The van der Waals surface area contributed by atoms with Gasteiger partial charge in [0.05, 0.1) is 16.4 Å². The van der Waals surface area contributed by atoms with E-state index in [1.165, 1.54) is 5.56 Å². The molecule has 3 nitrogen and oxygen atoms in total. The summed E-state index contributed by atoms with van der Waals surface area (Å²) < 4.78 is 2.87. The molecule has 0 spiro atoms. The van der Waals surface area contributed by atoms with Crippen molar-refractivity contribution in [1.29, 1.82) is 0 Å². The third-order valence-electron chi connectivity index (χ3n) is 4.07. The second-order valence-corrected chi connectivity index (χ2v) is 7.85. The smallest absolute Gasteiger partial charge is 0.0821 e. The van der Waals surface area contributed by atoms with Crippen LogP contribution in [0.25, 0.3) is 11.3 Å². The molecule has 0 bridgehead atoms. The predicted molar refractivity (Wildman–Crippen MR) is 105 cm³/mol. The predicted octanol–water partition coefficient (Wildman–Crippen LogP) is 5.89. The summed E-state index contributed by atoms with van der Waals surface area (Å²) in [6.07, 6.45) is 1.82. The normalized spacial score (nSPS) is 11.5. The third-order valence-corrected chi connectivity index (χ3v) is 4.65. The van der Waals surface area contributed by atoms with E-state index in [1.54, 1.807) is 0 Å². The van der Waals surface area contributed by atoms with Gasteiger partial charge in [-0.25, -0.2) is 0 Å². The summed E-state index contributed by atoms with van der Waals surface area (Å²) in [7, 11) is 1.95. The molecule has 4 heteroatoms. The highest BCUT2D eigenvalue weighted by atomic mass is 79.9. The summed E-state index contributed by atoms with van der Waals surface area (Å²) in [4.78, 5) is 0. The first kappa shape index (κ1) is 16.8. The van der Waals surface area contributed by atoms with Gasteiger partial charge in [-0.2, -0.15) is 5.10 Å². The lowest BCUT2D eigenvalue weighted by atomic mass is 9.87. The van der Waals surface area contributed by atoms with Crippen LogP contribution in [0, 0.1) is 0 Å². The second-order valence-electron chi connectivity index (χ2n) is 7.00. The van der Waals surface area contributed by atoms with Crippen LogP contribution < -0.4 is 5.32 Å². The van der Waals surface area contributed by atoms with Crippen LogP contribution in [0.3, 0.4) is 0 Å². The number of nitrogens with one attached hydrogen (secondary N) is 1. The Morgan fingerprint density at radius 3 is 2.29 bits per heavy atom. The average molecular weight is 384 g/mol. The standard InChI is InChI=1S/C20H22BrN3/c1-20(2,3)15-8-10-16(11-9-15)23-17-7-5-6-14(12-17)19-18(21)13-22-24(19)4/h5-13,23H,1-4H3. The van der Waals surface area contributed by atoms with Crippen molar-refractivity contribution in [3.8, 4) is 11.3 Å². The summed E-state index contributed by atoms with van der Waals surface area (Å²) in [6, 6.07) is 17.0. The number of rotatable bonds is 3. The fraction of sp³-hybridized carbons (Fsp3) is 0.250. The molecular formula is C20H22BrN3. The van der Waals surface area contributed by atoms with Gasteiger partial charge in [0.2, 0.25) is 0 Å². The zero-order chi connectivity index (χ0) is 17.3. The lowest BCUT2D eigenvalue weighted by Crippen LogP contribution is -2.10. The number of aryl methyl sites for hydroxylation is 1. The molecule has 0 amide bonds. The first-order valence-corrected chi connectivity index (χ1v) is 8.79. The van der Waals surface area contributed by atoms with Crippen LogP contribution in [-0.4, -0.2) is 9.78 Å². The van der Waals surface area contributed by atoms with Gasteiger partial charge in [-0.1, -0.05) is 45.0 Å². The van der Waals surface area contributed by atoms with Crippen LogP contribution in [0.1, 0.15) is 26.3 Å². The first-order valence-electron chi connectivity index (χ1n) is 8.00. The summed E-state index contributed by atoms with van der Waals surface area (Å²) in [5, 5.41) is 7.77. The summed E-state index contributed by atoms with van der Waals surface area (Å²) in [5.41, 5.74) is 5.85. The van der Waals surface area contributed by atoms with Crippen molar-refractivity contribution in [2.75, 3.05) is 5.32 Å². The highest BCUT2D eigenvalue weighted by Gasteiger charge is 2.13. The molecule has 0 radical (unpaired) electrons. The van der Waals surface area contributed by atoms with Gasteiger partial charge in [0.15, 0.2) is 0 Å². The highest BCUT2D eigenvalue weighted by Crippen LogP contribution is 2.30. The van der Waals surface area contributed by atoms with E-state index in [0.29, 0.717) is 0 Å². The molecule has 1 heterocycles. The summed E-state index contributed by atoms with van der Waals surface area (Å²) in [6.45, 7) is 6.68.